The summed E-state index contributed by atoms with van der Waals surface area (Å²) in [6, 6.07) is 0. The highest BCUT2D eigenvalue weighted by molar-refractivity contribution is 5.87. The van der Waals surface area contributed by atoms with Gasteiger partial charge in [0.05, 0.1) is 0 Å². The molecule has 0 radical (unpaired) electrons. The minimum Gasteiger partial charge on any atom is -0.459 e. The Morgan fingerprint density at radius 3 is 1.26 bits per heavy atom. The molecule has 0 heterocycles. The van der Waals surface area contributed by atoms with Crippen LogP contribution in [-0.4, -0.2) is 25.2 Å². The molecule has 0 saturated heterocycles. The maximum absolute atomic E-state index is 10.8. The van der Waals surface area contributed by atoms with Gasteiger partial charge in [0.15, 0.2) is 0 Å². The van der Waals surface area contributed by atoms with E-state index in [1.165, 1.54) is 44.9 Å². The lowest BCUT2D eigenvalue weighted by atomic mass is 9.75. The monoisotopic (exact) mass is 368 g/mol. The highest BCUT2D eigenvalue weighted by Gasteiger charge is 2.32. The van der Waals surface area contributed by atoms with Crippen molar-refractivity contribution < 1.29 is 19.1 Å². The van der Waals surface area contributed by atoms with Gasteiger partial charge in [-0.2, -0.15) is 0 Å². The number of benzene rings is 1. The molecule has 4 nitrogen and oxygen atoms in total. The second-order valence-electron chi connectivity index (χ2n) is 7.56. The third-order valence-corrected chi connectivity index (χ3v) is 5.54. The number of fused-ring (bicyclic) bond motifs is 1. The minimum absolute atomic E-state index is 0.0325. The summed E-state index contributed by atoms with van der Waals surface area (Å²) in [5, 5.41) is 0. The molecule has 0 fully saturated rings. The Morgan fingerprint density at radius 2 is 0.963 bits per heavy atom. The van der Waals surface area contributed by atoms with E-state index in [2.05, 4.69) is 22.6 Å². The van der Waals surface area contributed by atoms with Gasteiger partial charge in [0.2, 0.25) is 0 Å². The Labute approximate surface area is 161 Å². The zero-order valence-corrected chi connectivity index (χ0v) is 16.4. The van der Waals surface area contributed by atoms with Gasteiger partial charge in [0.1, 0.15) is 13.2 Å². The zero-order chi connectivity index (χ0) is 19.6. The van der Waals surface area contributed by atoms with E-state index in [-0.39, 0.29) is 13.2 Å². The van der Waals surface area contributed by atoms with Crippen molar-refractivity contribution in [1.29, 1.82) is 0 Å². The molecule has 27 heavy (non-hydrogen) atoms. The largest absolute Gasteiger partial charge is 0.459 e. The van der Waals surface area contributed by atoms with E-state index < -0.39 is 11.9 Å². The summed E-state index contributed by atoms with van der Waals surface area (Å²) in [6.45, 7) is 9.95. The third kappa shape index (κ3) is 4.00. The summed E-state index contributed by atoms with van der Waals surface area (Å²) < 4.78 is 9.38. The van der Waals surface area contributed by atoms with E-state index in [1.54, 1.807) is 47.2 Å². The molecule has 5 rings (SSSR count). The van der Waals surface area contributed by atoms with Crippen LogP contribution < -0.4 is 0 Å². The first-order valence-electron chi connectivity index (χ1n) is 9.72. The summed E-state index contributed by atoms with van der Waals surface area (Å²) in [4.78, 5) is 21.7. The van der Waals surface area contributed by atoms with Gasteiger partial charge in [-0.15, -0.1) is 0 Å². The molecular formula is C23H28O4. The summed E-state index contributed by atoms with van der Waals surface area (Å²) in [5.74, 6) is -0.979. The van der Waals surface area contributed by atoms with Gasteiger partial charge in [-0.3, -0.25) is 0 Å². The normalized spacial score (nSPS) is 14.9. The molecule has 0 spiro atoms. The fourth-order valence-corrected chi connectivity index (χ4v) is 4.36. The van der Waals surface area contributed by atoms with Crippen molar-refractivity contribution in [2.24, 2.45) is 0 Å². The molecule has 1 aromatic carbocycles. The number of carbonyl (C=O) groups is 2. The summed E-state index contributed by atoms with van der Waals surface area (Å²) >= 11 is 0. The van der Waals surface area contributed by atoms with Crippen molar-refractivity contribution in [1.82, 2.24) is 0 Å². The summed E-state index contributed by atoms with van der Waals surface area (Å²) in [6.07, 6.45) is 9.74. The van der Waals surface area contributed by atoms with Crippen LogP contribution in [0, 0.1) is 0 Å². The summed E-state index contributed by atoms with van der Waals surface area (Å²) in [5.41, 5.74) is 11.4. The van der Waals surface area contributed by atoms with E-state index in [1.807, 2.05) is 0 Å². The van der Waals surface area contributed by atoms with Crippen molar-refractivity contribution in [3.05, 3.63) is 57.7 Å². The van der Waals surface area contributed by atoms with Gasteiger partial charge < -0.3 is 9.47 Å². The minimum atomic E-state index is -0.489. The highest BCUT2D eigenvalue weighted by Crippen LogP contribution is 2.44. The second kappa shape index (κ2) is 8.12. The smallest absolute Gasteiger partial charge is 0.333 e. The predicted molar refractivity (Wildman–Crippen MR) is 105 cm³/mol. The Bertz CT molecular complexity index is 755. The first-order valence-corrected chi connectivity index (χ1v) is 9.72. The molecule has 144 valence electrons. The van der Waals surface area contributed by atoms with E-state index in [4.69, 9.17) is 0 Å². The van der Waals surface area contributed by atoms with Crippen LogP contribution in [-0.2, 0) is 57.6 Å². The Morgan fingerprint density at radius 1 is 0.667 bits per heavy atom. The molecule has 1 aromatic rings. The van der Waals surface area contributed by atoms with Crippen molar-refractivity contribution in [2.45, 2.75) is 58.8 Å². The maximum Gasteiger partial charge on any atom is 0.333 e. The van der Waals surface area contributed by atoms with Crippen LogP contribution in [0.4, 0.5) is 0 Å². The Kier molecular flexibility index (Phi) is 5.83. The third-order valence-electron chi connectivity index (χ3n) is 5.54. The molecule has 0 unspecified atom stereocenters. The fourth-order valence-electron chi connectivity index (χ4n) is 4.36. The number of esters is 2. The molecule has 0 aliphatic heterocycles. The SMILES string of the molecule is C1Cc2c3c(c4c(c2CC4)CC3)C1.C=C(C)C(=O)OCCOC(=O)C(=C)C. The Hall–Kier alpha value is -2.36. The van der Waals surface area contributed by atoms with Gasteiger partial charge >= 0.3 is 11.9 Å². The van der Waals surface area contributed by atoms with Crippen LogP contribution >= 0.6 is 0 Å². The van der Waals surface area contributed by atoms with Gasteiger partial charge in [-0.05, 0) is 92.2 Å². The number of hydrogen-bond acceptors (Lipinski definition) is 4. The molecule has 4 aliphatic carbocycles. The van der Waals surface area contributed by atoms with Crippen molar-refractivity contribution in [3.63, 3.8) is 0 Å². The lowest BCUT2D eigenvalue weighted by molar-refractivity contribution is -0.147. The quantitative estimate of drug-likeness (QED) is 0.453. The first-order chi connectivity index (χ1) is 12.9. The lowest BCUT2D eigenvalue weighted by Crippen LogP contribution is -2.18. The number of hydrogen-bond donors (Lipinski definition) is 0. The number of carbonyl (C=O) groups excluding carboxylic acids is 2. The van der Waals surface area contributed by atoms with Gasteiger partial charge in [-0.1, -0.05) is 13.2 Å². The predicted octanol–water partition coefficient (Wildman–Crippen LogP) is 3.60. The highest BCUT2D eigenvalue weighted by atomic mass is 16.6. The molecule has 0 aromatic heterocycles. The molecule has 0 N–H and O–H groups in total. The number of ether oxygens (including phenoxy) is 2. The van der Waals surface area contributed by atoms with Gasteiger partial charge in [-0.25, -0.2) is 9.59 Å². The average molecular weight is 368 g/mol. The fraction of sp³-hybridized carbons (Fsp3) is 0.478. The lowest BCUT2D eigenvalue weighted by Gasteiger charge is -2.30. The van der Waals surface area contributed by atoms with Crippen LogP contribution in [0.2, 0.25) is 0 Å². The van der Waals surface area contributed by atoms with E-state index in [9.17, 15) is 9.59 Å². The van der Waals surface area contributed by atoms with Crippen molar-refractivity contribution in [2.75, 3.05) is 13.2 Å². The first kappa shape index (κ1) is 19.4. The van der Waals surface area contributed by atoms with Crippen LogP contribution in [0.3, 0.4) is 0 Å². The Balaban J connectivity index is 0.000000155. The molecule has 6 bridgehead atoms. The van der Waals surface area contributed by atoms with Gasteiger partial charge in [0.25, 0.3) is 0 Å². The topological polar surface area (TPSA) is 52.6 Å². The molecular weight excluding hydrogens is 340 g/mol. The van der Waals surface area contributed by atoms with Crippen molar-refractivity contribution in [3.8, 4) is 0 Å². The van der Waals surface area contributed by atoms with E-state index >= 15 is 0 Å². The number of rotatable bonds is 5. The maximum atomic E-state index is 10.8. The standard InChI is InChI=1S/C13H14.C10H14O4/c1-2-8-10-4-7-13-11(8)5-6-12(13)9(10)3-1;1-7(2)9(11)13-5-6-14-10(12)8(3)4/h1-7H2;1,3,5-6H2,2,4H3. The van der Waals surface area contributed by atoms with Gasteiger partial charge in [0, 0.05) is 11.1 Å². The van der Waals surface area contributed by atoms with Crippen LogP contribution in [0.5, 0.6) is 0 Å². The van der Waals surface area contributed by atoms with E-state index in [0.29, 0.717) is 11.1 Å². The average Bonchev–Trinajstić information content (AvgIpc) is 3.08. The van der Waals surface area contributed by atoms with Crippen LogP contribution in [0.15, 0.2) is 24.3 Å². The second-order valence-corrected chi connectivity index (χ2v) is 7.56. The van der Waals surface area contributed by atoms with Crippen molar-refractivity contribution >= 4 is 11.9 Å². The molecule has 4 heteroatoms. The van der Waals surface area contributed by atoms with Crippen LogP contribution in [0.25, 0.3) is 0 Å². The molecule has 0 saturated carbocycles. The van der Waals surface area contributed by atoms with Crippen LogP contribution in [0.1, 0.15) is 53.6 Å². The molecule has 0 amide bonds. The summed E-state index contributed by atoms with van der Waals surface area (Å²) in [7, 11) is 0. The zero-order valence-electron chi connectivity index (χ0n) is 16.4. The molecule has 0 atom stereocenters. The van der Waals surface area contributed by atoms with E-state index in [0.717, 1.165) is 0 Å². The molecule has 4 aliphatic rings.